The molecule has 2 rings (SSSR count). The number of benzene rings is 1. The Balaban J connectivity index is 2.71. The summed E-state index contributed by atoms with van der Waals surface area (Å²) in [5, 5.41) is 0.0570. The van der Waals surface area contributed by atoms with Crippen molar-refractivity contribution in [1.29, 1.82) is 0 Å². The Morgan fingerprint density at radius 1 is 1.26 bits per heavy atom. The van der Waals surface area contributed by atoms with E-state index in [-0.39, 0.29) is 21.6 Å². The standard InChI is InChI=1S/C11H8ClF5N2/c12-9-5-3-8(10(13)14)19(4-11(15,16)17)7(5)2-1-6(9)18/h1-3,10H,4,18H2. The summed E-state index contributed by atoms with van der Waals surface area (Å²) in [7, 11) is 0. The molecule has 0 saturated heterocycles. The second kappa shape index (κ2) is 4.56. The molecule has 0 unspecified atom stereocenters. The number of halogens is 6. The first-order valence-corrected chi connectivity index (χ1v) is 5.50. The molecule has 8 heteroatoms. The summed E-state index contributed by atoms with van der Waals surface area (Å²) >= 11 is 5.82. The zero-order chi connectivity index (χ0) is 14.4. The van der Waals surface area contributed by atoms with Crippen LogP contribution in [0.3, 0.4) is 0 Å². The van der Waals surface area contributed by atoms with Crippen molar-refractivity contribution >= 4 is 28.2 Å². The van der Waals surface area contributed by atoms with Gasteiger partial charge in [-0.05, 0) is 18.2 Å². The minimum Gasteiger partial charge on any atom is -0.398 e. The van der Waals surface area contributed by atoms with Gasteiger partial charge in [0, 0.05) is 5.39 Å². The second-order valence-corrected chi connectivity index (χ2v) is 4.35. The van der Waals surface area contributed by atoms with Gasteiger partial charge in [-0.1, -0.05) is 11.6 Å². The van der Waals surface area contributed by atoms with E-state index in [1.807, 2.05) is 0 Å². The van der Waals surface area contributed by atoms with E-state index in [1.54, 1.807) is 0 Å². The molecule has 0 amide bonds. The molecule has 2 nitrogen and oxygen atoms in total. The van der Waals surface area contributed by atoms with Crippen molar-refractivity contribution in [2.45, 2.75) is 19.1 Å². The number of anilines is 1. The van der Waals surface area contributed by atoms with Gasteiger partial charge in [0.1, 0.15) is 6.54 Å². The van der Waals surface area contributed by atoms with Gasteiger partial charge in [0.15, 0.2) is 0 Å². The average molecular weight is 299 g/mol. The highest BCUT2D eigenvalue weighted by atomic mass is 35.5. The first-order chi connectivity index (χ1) is 8.70. The fraction of sp³-hybridized carbons (Fsp3) is 0.273. The molecule has 0 atom stereocenters. The van der Waals surface area contributed by atoms with Gasteiger partial charge in [0.2, 0.25) is 0 Å². The van der Waals surface area contributed by atoms with Gasteiger partial charge in [-0.2, -0.15) is 13.2 Å². The third-order valence-corrected chi connectivity index (χ3v) is 3.06. The minimum atomic E-state index is -4.61. The summed E-state index contributed by atoms with van der Waals surface area (Å²) in [6, 6.07) is 3.46. The molecule has 2 aromatic rings. The summed E-state index contributed by atoms with van der Waals surface area (Å²) in [6.45, 7) is -1.50. The van der Waals surface area contributed by atoms with Gasteiger partial charge in [0.25, 0.3) is 6.43 Å². The zero-order valence-electron chi connectivity index (χ0n) is 9.31. The Bertz CT molecular complexity index is 618. The summed E-state index contributed by atoms with van der Waals surface area (Å²) in [6.07, 6.45) is -7.64. The van der Waals surface area contributed by atoms with E-state index in [0.29, 0.717) is 4.57 Å². The number of alkyl halides is 5. The summed E-state index contributed by atoms with van der Waals surface area (Å²) in [4.78, 5) is 0. The number of hydrogen-bond acceptors (Lipinski definition) is 1. The predicted octanol–water partition coefficient (Wildman–Crippen LogP) is 4.38. The maximum absolute atomic E-state index is 12.8. The van der Waals surface area contributed by atoms with Gasteiger partial charge in [-0.25, -0.2) is 8.78 Å². The number of aromatic nitrogens is 1. The van der Waals surface area contributed by atoms with Gasteiger partial charge in [0.05, 0.1) is 21.9 Å². The molecule has 0 bridgehead atoms. The van der Waals surface area contributed by atoms with Gasteiger partial charge < -0.3 is 10.3 Å². The van der Waals surface area contributed by atoms with E-state index >= 15 is 0 Å². The number of nitrogens with two attached hydrogens (primary N) is 1. The SMILES string of the molecule is Nc1ccc2c(cc(C(F)F)n2CC(F)(F)F)c1Cl. The van der Waals surface area contributed by atoms with E-state index in [4.69, 9.17) is 17.3 Å². The number of fused-ring (bicyclic) bond motifs is 1. The van der Waals surface area contributed by atoms with Crippen molar-refractivity contribution < 1.29 is 22.0 Å². The molecule has 0 aliphatic carbocycles. The van der Waals surface area contributed by atoms with Crippen LogP contribution in [-0.2, 0) is 6.54 Å². The highest BCUT2D eigenvalue weighted by Crippen LogP contribution is 2.36. The maximum Gasteiger partial charge on any atom is 0.406 e. The molecule has 0 aliphatic rings. The van der Waals surface area contributed by atoms with E-state index in [0.717, 1.165) is 6.07 Å². The molecule has 0 spiro atoms. The van der Waals surface area contributed by atoms with Crippen molar-refractivity contribution in [2.24, 2.45) is 0 Å². The molecule has 19 heavy (non-hydrogen) atoms. The number of hydrogen-bond donors (Lipinski definition) is 1. The summed E-state index contributed by atoms with van der Waals surface area (Å²) in [5.74, 6) is 0. The first kappa shape index (κ1) is 13.9. The molecule has 0 fully saturated rings. The predicted molar refractivity (Wildman–Crippen MR) is 62.4 cm³/mol. The Morgan fingerprint density at radius 3 is 2.42 bits per heavy atom. The number of nitrogen functional groups attached to an aromatic ring is 1. The monoisotopic (exact) mass is 298 g/mol. The van der Waals surface area contributed by atoms with Crippen LogP contribution in [0.5, 0.6) is 0 Å². The molecule has 1 aromatic carbocycles. The fourth-order valence-electron chi connectivity index (χ4n) is 1.87. The van der Waals surface area contributed by atoms with Crippen molar-refractivity contribution in [3.05, 3.63) is 28.9 Å². The van der Waals surface area contributed by atoms with Crippen LogP contribution in [0.4, 0.5) is 27.6 Å². The van der Waals surface area contributed by atoms with Gasteiger partial charge in [-0.3, -0.25) is 0 Å². The van der Waals surface area contributed by atoms with E-state index in [1.165, 1.54) is 12.1 Å². The largest absolute Gasteiger partial charge is 0.406 e. The van der Waals surface area contributed by atoms with Crippen LogP contribution in [0, 0.1) is 0 Å². The Morgan fingerprint density at radius 2 is 1.89 bits per heavy atom. The lowest BCUT2D eigenvalue weighted by atomic mass is 10.2. The lowest BCUT2D eigenvalue weighted by Gasteiger charge is -2.13. The smallest absolute Gasteiger partial charge is 0.398 e. The van der Waals surface area contributed by atoms with Crippen LogP contribution < -0.4 is 5.73 Å². The van der Waals surface area contributed by atoms with Crippen LogP contribution >= 0.6 is 11.6 Å². The Kier molecular flexibility index (Phi) is 3.34. The molecule has 104 valence electrons. The molecule has 1 heterocycles. The molecule has 1 aromatic heterocycles. The third-order valence-electron chi connectivity index (χ3n) is 2.64. The molecule has 2 N–H and O–H groups in total. The highest BCUT2D eigenvalue weighted by Gasteiger charge is 2.31. The normalized spacial score (nSPS) is 12.6. The third kappa shape index (κ3) is 2.60. The van der Waals surface area contributed by atoms with E-state index in [2.05, 4.69) is 0 Å². The summed E-state index contributed by atoms with van der Waals surface area (Å²) in [5.41, 5.74) is 4.86. The molecule has 0 saturated carbocycles. The van der Waals surface area contributed by atoms with Gasteiger partial charge >= 0.3 is 6.18 Å². The molecule has 0 aliphatic heterocycles. The zero-order valence-corrected chi connectivity index (χ0v) is 10.1. The second-order valence-electron chi connectivity index (χ2n) is 3.97. The van der Waals surface area contributed by atoms with Crippen LogP contribution in [0.15, 0.2) is 18.2 Å². The van der Waals surface area contributed by atoms with E-state index < -0.39 is 24.8 Å². The first-order valence-electron chi connectivity index (χ1n) is 5.12. The lowest BCUT2D eigenvalue weighted by molar-refractivity contribution is -0.140. The average Bonchev–Trinajstić information content (AvgIpc) is 2.61. The number of rotatable bonds is 2. The molecular weight excluding hydrogens is 291 g/mol. The van der Waals surface area contributed by atoms with Gasteiger partial charge in [-0.15, -0.1) is 0 Å². The lowest BCUT2D eigenvalue weighted by Crippen LogP contribution is -2.19. The maximum atomic E-state index is 12.8. The Hall–Kier alpha value is -1.50. The molecule has 0 radical (unpaired) electrons. The minimum absolute atomic E-state index is 0.0215. The van der Waals surface area contributed by atoms with E-state index in [9.17, 15) is 22.0 Å². The van der Waals surface area contributed by atoms with Crippen molar-refractivity contribution in [1.82, 2.24) is 4.57 Å². The fourth-order valence-corrected chi connectivity index (χ4v) is 2.09. The van der Waals surface area contributed by atoms with Crippen LogP contribution in [-0.4, -0.2) is 10.7 Å². The number of nitrogens with zero attached hydrogens (tertiary/aromatic N) is 1. The summed E-state index contributed by atoms with van der Waals surface area (Å²) < 4.78 is 63.5. The van der Waals surface area contributed by atoms with Crippen molar-refractivity contribution in [2.75, 3.05) is 5.73 Å². The topological polar surface area (TPSA) is 30.9 Å². The Labute approximate surface area is 109 Å². The van der Waals surface area contributed by atoms with Crippen LogP contribution in [0.25, 0.3) is 10.9 Å². The van der Waals surface area contributed by atoms with Crippen LogP contribution in [0.2, 0.25) is 5.02 Å². The molecular formula is C11H8ClF5N2. The van der Waals surface area contributed by atoms with Crippen molar-refractivity contribution in [3.8, 4) is 0 Å². The highest BCUT2D eigenvalue weighted by molar-refractivity contribution is 6.38. The quantitative estimate of drug-likeness (QED) is 0.647. The van der Waals surface area contributed by atoms with Crippen LogP contribution in [0.1, 0.15) is 12.1 Å². The van der Waals surface area contributed by atoms with Crippen molar-refractivity contribution in [3.63, 3.8) is 0 Å².